The van der Waals surface area contributed by atoms with E-state index in [0.29, 0.717) is 11.4 Å². The zero-order chi connectivity index (χ0) is 17.2. The molecule has 0 saturated carbocycles. The van der Waals surface area contributed by atoms with Crippen molar-refractivity contribution in [3.8, 4) is 11.4 Å². The molecule has 0 saturated heterocycles. The highest BCUT2D eigenvalue weighted by Crippen LogP contribution is 2.29. The molecule has 0 fully saturated rings. The van der Waals surface area contributed by atoms with Crippen LogP contribution in [-0.2, 0) is 0 Å². The summed E-state index contributed by atoms with van der Waals surface area (Å²) in [6.45, 7) is 1.74. The number of H-pyrrole nitrogens is 1. The molecule has 0 unspecified atom stereocenters. The minimum absolute atomic E-state index is 0.482. The van der Waals surface area contributed by atoms with Gasteiger partial charge in [-0.25, -0.2) is 4.98 Å². The average molecular weight is 331 g/mol. The molecule has 25 heavy (non-hydrogen) atoms. The van der Waals surface area contributed by atoms with E-state index in [1.54, 1.807) is 0 Å². The van der Waals surface area contributed by atoms with Crippen LogP contribution < -0.4 is 5.32 Å². The van der Waals surface area contributed by atoms with Crippen molar-refractivity contribution >= 4 is 27.5 Å². The fourth-order valence-electron chi connectivity index (χ4n) is 2.75. The summed E-state index contributed by atoms with van der Waals surface area (Å²) in [7, 11) is 4.10. The molecule has 0 aliphatic rings. The first kappa shape index (κ1) is 15.3. The maximum Gasteiger partial charge on any atom is 0.213 e. The third-order valence-corrected chi connectivity index (χ3v) is 3.98. The number of aromatic amines is 1. The highest BCUT2D eigenvalue weighted by atomic mass is 15.5. The summed E-state index contributed by atoms with van der Waals surface area (Å²) in [6.07, 6.45) is 0. The van der Waals surface area contributed by atoms with Crippen LogP contribution in [-0.4, -0.2) is 57.7 Å². The summed E-state index contributed by atoms with van der Waals surface area (Å²) in [6, 6.07) is 16.4. The Labute approximate surface area is 145 Å². The van der Waals surface area contributed by atoms with Gasteiger partial charge >= 0.3 is 0 Å². The topological polar surface area (TPSA) is 82.6 Å². The zero-order valence-corrected chi connectivity index (χ0v) is 14.0. The van der Waals surface area contributed by atoms with E-state index in [4.69, 9.17) is 4.98 Å². The van der Waals surface area contributed by atoms with E-state index in [2.05, 4.69) is 69.2 Å². The predicted octanol–water partition coefficient (Wildman–Crippen LogP) is 2.14. The molecule has 2 heterocycles. The second kappa shape index (κ2) is 6.34. The van der Waals surface area contributed by atoms with Gasteiger partial charge in [0, 0.05) is 23.9 Å². The second-order valence-corrected chi connectivity index (χ2v) is 6.04. The maximum atomic E-state index is 4.80. The van der Waals surface area contributed by atoms with Gasteiger partial charge in [-0.15, -0.1) is 10.2 Å². The molecule has 7 heteroatoms. The summed E-state index contributed by atoms with van der Waals surface area (Å²) < 4.78 is 0. The van der Waals surface area contributed by atoms with Gasteiger partial charge in [0.05, 0.1) is 16.5 Å². The summed E-state index contributed by atoms with van der Waals surface area (Å²) in [5.74, 6) is 1.35. The van der Waals surface area contributed by atoms with Gasteiger partial charge in [-0.3, -0.25) is 0 Å². The number of likely N-dealkylation sites (N-methyl/N-ethyl adjacent to an activating group) is 1. The Bertz CT molecular complexity index is 1010. The lowest BCUT2D eigenvalue weighted by molar-refractivity contribution is 0.425. The standard InChI is InChI=1S/C18H17N7/c1-25(2)10-9-19-18-15-6-4-3-5-13(15)14-8-7-12(11-16(14)20-18)17-21-23-24-22-17/h3-6,11H,9-10H2,1-2H3,(H,19,20)(H,21,22,23,24). The van der Waals surface area contributed by atoms with Crippen LogP contribution in [0.5, 0.6) is 0 Å². The van der Waals surface area contributed by atoms with Gasteiger partial charge in [0.2, 0.25) is 5.82 Å². The lowest BCUT2D eigenvalue weighted by Gasteiger charge is -2.13. The average Bonchev–Trinajstić information content (AvgIpc) is 3.16. The van der Waals surface area contributed by atoms with Crippen LogP contribution >= 0.6 is 0 Å². The molecule has 0 atom stereocenters. The van der Waals surface area contributed by atoms with Crippen molar-refractivity contribution in [2.45, 2.75) is 0 Å². The summed E-state index contributed by atoms with van der Waals surface area (Å²) in [4.78, 5) is 6.94. The van der Waals surface area contributed by atoms with Crippen LogP contribution in [0.2, 0.25) is 0 Å². The molecule has 124 valence electrons. The Morgan fingerprint density at radius 3 is 2.76 bits per heavy atom. The Hall–Kier alpha value is -3.24. The normalized spacial score (nSPS) is 11.2. The van der Waals surface area contributed by atoms with Crippen LogP contribution in [0.25, 0.3) is 33.1 Å². The summed E-state index contributed by atoms with van der Waals surface area (Å²) in [5, 5.41) is 20.6. The number of benzene rings is 1. The number of nitrogens with zero attached hydrogens (tertiary/aromatic N) is 5. The monoisotopic (exact) mass is 331 g/mol. The molecule has 2 aromatic carbocycles. The lowest BCUT2D eigenvalue weighted by Crippen LogP contribution is -2.21. The molecular weight excluding hydrogens is 314 g/mol. The van der Waals surface area contributed by atoms with Crippen molar-refractivity contribution < 1.29 is 0 Å². The number of tetrazole rings is 1. The van der Waals surface area contributed by atoms with Crippen LogP contribution in [0.1, 0.15) is 0 Å². The molecule has 0 aliphatic carbocycles. The van der Waals surface area contributed by atoms with Crippen LogP contribution in [0.3, 0.4) is 0 Å². The minimum atomic E-state index is 0.482. The molecule has 7 nitrogen and oxygen atoms in total. The Balaban J connectivity index is 1.84. The van der Waals surface area contributed by atoms with E-state index in [1.807, 2.05) is 18.2 Å². The zero-order valence-electron chi connectivity index (χ0n) is 14.0. The molecule has 0 radical (unpaired) electrons. The Morgan fingerprint density at radius 2 is 2.00 bits per heavy atom. The quantitative estimate of drug-likeness (QED) is 0.583. The van der Waals surface area contributed by atoms with E-state index in [0.717, 1.165) is 40.6 Å². The molecule has 2 N–H and O–H groups in total. The molecule has 4 aromatic rings. The van der Waals surface area contributed by atoms with Crippen LogP contribution in [0, 0.1) is 12.1 Å². The molecule has 0 aliphatic heterocycles. The fraction of sp³-hybridized carbons (Fsp3) is 0.222. The van der Waals surface area contributed by atoms with E-state index < -0.39 is 0 Å². The van der Waals surface area contributed by atoms with E-state index in [9.17, 15) is 0 Å². The number of hydrogen-bond donors (Lipinski definition) is 2. The first-order valence-electron chi connectivity index (χ1n) is 8.01. The number of aromatic nitrogens is 5. The molecule has 2 aromatic heterocycles. The number of fused-ring (bicyclic) bond motifs is 3. The van der Waals surface area contributed by atoms with Gasteiger partial charge < -0.3 is 10.2 Å². The van der Waals surface area contributed by atoms with Gasteiger partial charge in [-0.05, 0) is 25.4 Å². The first-order valence-corrected chi connectivity index (χ1v) is 8.01. The van der Waals surface area contributed by atoms with Crippen molar-refractivity contribution in [1.82, 2.24) is 30.5 Å². The predicted molar refractivity (Wildman–Crippen MR) is 97.1 cm³/mol. The van der Waals surface area contributed by atoms with Gasteiger partial charge in [0.1, 0.15) is 5.82 Å². The third kappa shape index (κ3) is 2.95. The molecule has 4 rings (SSSR count). The maximum absolute atomic E-state index is 4.80. The Morgan fingerprint density at radius 1 is 1.16 bits per heavy atom. The second-order valence-electron chi connectivity index (χ2n) is 6.04. The van der Waals surface area contributed by atoms with Gasteiger partial charge in [0.25, 0.3) is 0 Å². The van der Waals surface area contributed by atoms with Crippen LogP contribution in [0.15, 0.2) is 30.3 Å². The smallest absolute Gasteiger partial charge is 0.213 e. The largest absolute Gasteiger partial charge is 0.368 e. The Kier molecular flexibility index (Phi) is 3.88. The van der Waals surface area contributed by atoms with Gasteiger partial charge in [-0.1, -0.05) is 36.4 Å². The lowest BCUT2D eigenvalue weighted by atomic mass is 10.1. The molecule has 0 spiro atoms. The number of hydrogen-bond acceptors (Lipinski definition) is 6. The summed E-state index contributed by atoms with van der Waals surface area (Å²) >= 11 is 0. The summed E-state index contributed by atoms with van der Waals surface area (Å²) in [5.41, 5.74) is 1.54. The molecular formula is C18H17N7. The molecule has 0 bridgehead atoms. The first-order chi connectivity index (χ1) is 12.2. The van der Waals surface area contributed by atoms with Gasteiger partial charge in [0.15, 0.2) is 0 Å². The van der Waals surface area contributed by atoms with E-state index in [-0.39, 0.29) is 0 Å². The van der Waals surface area contributed by atoms with Crippen LogP contribution in [0.4, 0.5) is 5.82 Å². The van der Waals surface area contributed by atoms with Crippen molar-refractivity contribution in [2.75, 3.05) is 32.5 Å². The SMILES string of the molecule is CN(C)CCNc1nc2cc(-c3nn[nH]n3)c#cc2c2ccccc12. The van der Waals surface area contributed by atoms with Gasteiger partial charge in [-0.2, -0.15) is 5.21 Å². The number of anilines is 1. The molecule has 0 amide bonds. The van der Waals surface area contributed by atoms with Crippen molar-refractivity contribution in [2.24, 2.45) is 0 Å². The fourth-order valence-corrected chi connectivity index (χ4v) is 2.75. The van der Waals surface area contributed by atoms with Crippen molar-refractivity contribution in [1.29, 1.82) is 0 Å². The third-order valence-electron chi connectivity index (χ3n) is 3.98. The minimum Gasteiger partial charge on any atom is -0.368 e. The van der Waals surface area contributed by atoms with E-state index in [1.165, 1.54) is 0 Å². The number of nitrogens with one attached hydrogen (secondary N) is 2. The number of pyridine rings is 1. The van der Waals surface area contributed by atoms with Crippen molar-refractivity contribution in [3.05, 3.63) is 42.5 Å². The highest BCUT2D eigenvalue weighted by Gasteiger charge is 2.10. The van der Waals surface area contributed by atoms with Crippen molar-refractivity contribution in [3.63, 3.8) is 0 Å². The number of rotatable bonds is 5. The highest BCUT2D eigenvalue weighted by molar-refractivity contribution is 6.09. The van der Waals surface area contributed by atoms with E-state index >= 15 is 0 Å².